The van der Waals surface area contributed by atoms with Crippen LogP contribution in [0.15, 0.2) is 42.7 Å². The smallest absolute Gasteiger partial charge is 0.321 e. The number of aromatic nitrogens is 2. The van der Waals surface area contributed by atoms with E-state index in [1.807, 2.05) is 41.4 Å². The first-order chi connectivity index (χ1) is 11.8. The number of rotatable bonds is 5. The number of ether oxygens (including phenoxy) is 1. The Hall–Kier alpha value is -2.38. The molecule has 7 heteroatoms. The minimum atomic E-state index is -0.0479. The summed E-state index contributed by atoms with van der Waals surface area (Å²) >= 11 is 0. The monoisotopic (exact) mass is 329 g/mol. The molecule has 2 aromatic rings. The minimum absolute atomic E-state index is 0.0479. The zero-order valence-electron chi connectivity index (χ0n) is 13.9. The van der Waals surface area contributed by atoms with Crippen LogP contribution in [0.25, 0.3) is 5.69 Å². The summed E-state index contributed by atoms with van der Waals surface area (Å²) in [6.45, 7) is 4.89. The van der Waals surface area contributed by atoms with Crippen molar-refractivity contribution in [2.45, 2.75) is 0 Å². The number of amides is 2. The highest BCUT2D eigenvalue weighted by Crippen LogP contribution is 2.13. The summed E-state index contributed by atoms with van der Waals surface area (Å²) in [5.41, 5.74) is 1.75. The third-order valence-corrected chi connectivity index (χ3v) is 4.16. The van der Waals surface area contributed by atoms with Crippen molar-refractivity contribution < 1.29 is 9.53 Å². The van der Waals surface area contributed by atoms with Crippen LogP contribution < -0.4 is 5.32 Å². The molecule has 2 heterocycles. The van der Waals surface area contributed by atoms with Crippen molar-refractivity contribution in [2.75, 3.05) is 51.8 Å². The molecule has 0 saturated carbocycles. The third kappa shape index (κ3) is 4.12. The van der Waals surface area contributed by atoms with Crippen LogP contribution >= 0.6 is 0 Å². The van der Waals surface area contributed by atoms with E-state index in [1.54, 1.807) is 18.0 Å². The number of benzene rings is 1. The van der Waals surface area contributed by atoms with Gasteiger partial charge in [0, 0.05) is 57.9 Å². The van der Waals surface area contributed by atoms with E-state index in [9.17, 15) is 4.79 Å². The van der Waals surface area contributed by atoms with Crippen molar-refractivity contribution >= 4 is 11.7 Å². The van der Waals surface area contributed by atoms with E-state index < -0.39 is 0 Å². The van der Waals surface area contributed by atoms with E-state index in [1.165, 1.54) is 0 Å². The fourth-order valence-electron chi connectivity index (χ4n) is 2.72. The standard InChI is InChI=1S/C17H23N5O2/c1-24-14-13-20-9-11-21(12-10-20)17(23)19-15-3-5-16(6-4-15)22-8-2-7-18-22/h2-8H,9-14H2,1H3,(H,19,23). The largest absolute Gasteiger partial charge is 0.383 e. The van der Waals surface area contributed by atoms with Crippen molar-refractivity contribution in [1.29, 1.82) is 0 Å². The normalized spacial score (nSPS) is 15.5. The van der Waals surface area contributed by atoms with Crippen molar-refractivity contribution in [3.8, 4) is 5.69 Å². The molecule has 0 spiro atoms. The summed E-state index contributed by atoms with van der Waals surface area (Å²) < 4.78 is 6.88. The number of hydrogen-bond donors (Lipinski definition) is 1. The molecule has 2 amide bonds. The second-order valence-electron chi connectivity index (χ2n) is 5.75. The molecule has 1 aromatic carbocycles. The molecule has 1 saturated heterocycles. The number of carbonyl (C=O) groups excluding carboxylic acids is 1. The molecule has 1 aliphatic heterocycles. The van der Waals surface area contributed by atoms with Gasteiger partial charge in [0.05, 0.1) is 12.3 Å². The van der Waals surface area contributed by atoms with Gasteiger partial charge in [0.2, 0.25) is 0 Å². The first kappa shape index (κ1) is 16.5. The van der Waals surface area contributed by atoms with Crippen molar-refractivity contribution in [3.05, 3.63) is 42.7 Å². The van der Waals surface area contributed by atoms with Gasteiger partial charge in [-0.1, -0.05) is 0 Å². The van der Waals surface area contributed by atoms with Crippen molar-refractivity contribution in [2.24, 2.45) is 0 Å². The molecule has 0 unspecified atom stereocenters. The minimum Gasteiger partial charge on any atom is -0.383 e. The molecular formula is C17H23N5O2. The van der Waals surface area contributed by atoms with Crippen LogP contribution in [0, 0.1) is 0 Å². The van der Waals surface area contributed by atoms with Crippen LogP contribution in [0.2, 0.25) is 0 Å². The van der Waals surface area contributed by atoms with Gasteiger partial charge in [-0.3, -0.25) is 4.90 Å². The predicted molar refractivity (Wildman–Crippen MR) is 92.5 cm³/mol. The molecule has 0 radical (unpaired) electrons. The molecule has 1 N–H and O–H groups in total. The summed E-state index contributed by atoms with van der Waals surface area (Å²) in [6, 6.07) is 9.49. The molecule has 0 aliphatic carbocycles. The van der Waals surface area contributed by atoms with E-state index in [4.69, 9.17) is 4.74 Å². The van der Waals surface area contributed by atoms with Crippen LogP contribution in [-0.2, 0) is 4.74 Å². The highest BCUT2D eigenvalue weighted by molar-refractivity contribution is 5.89. The molecule has 1 fully saturated rings. The lowest BCUT2D eigenvalue weighted by atomic mass is 10.3. The molecule has 128 valence electrons. The Labute approximate surface area is 141 Å². The second kappa shape index (κ2) is 7.94. The Bertz CT molecular complexity index is 634. The molecule has 24 heavy (non-hydrogen) atoms. The van der Waals surface area contributed by atoms with Crippen molar-refractivity contribution in [1.82, 2.24) is 19.6 Å². The fraction of sp³-hybridized carbons (Fsp3) is 0.412. The second-order valence-corrected chi connectivity index (χ2v) is 5.75. The highest BCUT2D eigenvalue weighted by Gasteiger charge is 2.20. The fourth-order valence-corrected chi connectivity index (χ4v) is 2.72. The Morgan fingerprint density at radius 1 is 1.21 bits per heavy atom. The van der Waals surface area contributed by atoms with E-state index >= 15 is 0 Å². The summed E-state index contributed by atoms with van der Waals surface area (Å²) in [4.78, 5) is 16.5. The number of carbonyl (C=O) groups is 1. The van der Waals surface area contributed by atoms with Crippen molar-refractivity contribution in [3.63, 3.8) is 0 Å². The summed E-state index contributed by atoms with van der Waals surface area (Å²) in [7, 11) is 1.71. The van der Waals surface area contributed by atoms with Gasteiger partial charge in [-0.25, -0.2) is 9.48 Å². The number of anilines is 1. The zero-order valence-corrected chi connectivity index (χ0v) is 13.9. The van der Waals surface area contributed by atoms with Gasteiger partial charge in [-0.2, -0.15) is 5.10 Å². The zero-order chi connectivity index (χ0) is 16.8. The number of piperazine rings is 1. The van der Waals surface area contributed by atoms with Crippen LogP contribution in [-0.4, -0.2) is 72.1 Å². The van der Waals surface area contributed by atoms with Gasteiger partial charge in [0.25, 0.3) is 0 Å². The molecule has 0 atom stereocenters. The Morgan fingerprint density at radius 2 is 1.96 bits per heavy atom. The lowest BCUT2D eigenvalue weighted by molar-refractivity contribution is 0.109. The van der Waals surface area contributed by atoms with Gasteiger partial charge < -0.3 is 15.0 Å². The summed E-state index contributed by atoms with van der Waals surface area (Å²) in [6.07, 6.45) is 3.62. The molecule has 3 rings (SSSR count). The van der Waals surface area contributed by atoms with E-state index in [0.717, 1.165) is 50.7 Å². The maximum atomic E-state index is 12.4. The average Bonchev–Trinajstić information content (AvgIpc) is 3.15. The number of urea groups is 1. The van der Waals surface area contributed by atoms with Gasteiger partial charge in [0.15, 0.2) is 0 Å². The third-order valence-electron chi connectivity index (χ3n) is 4.16. The highest BCUT2D eigenvalue weighted by atomic mass is 16.5. The van der Waals surface area contributed by atoms with E-state index in [-0.39, 0.29) is 6.03 Å². The average molecular weight is 329 g/mol. The molecular weight excluding hydrogens is 306 g/mol. The summed E-state index contributed by atoms with van der Waals surface area (Å²) in [5.74, 6) is 0. The van der Waals surface area contributed by atoms with Crippen LogP contribution in [0.3, 0.4) is 0 Å². The Kier molecular flexibility index (Phi) is 5.45. The van der Waals surface area contributed by atoms with Crippen LogP contribution in [0.4, 0.5) is 10.5 Å². The van der Waals surface area contributed by atoms with Gasteiger partial charge in [-0.15, -0.1) is 0 Å². The number of methoxy groups -OCH3 is 1. The Morgan fingerprint density at radius 3 is 2.58 bits per heavy atom. The number of hydrogen-bond acceptors (Lipinski definition) is 4. The first-order valence-electron chi connectivity index (χ1n) is 8.13. The maximum Gasteiger partial charge on any atom is 0.321 e. The predicted octanol–water partition coefficient (Wildman–Crippen LogP) is 1.67. The molecule has 7 nitrogen and oxygen atoms in total. The number of nitrogens with one attached hydrogen (secondary N) is 1. The quantitative estimate of drug-likeness (QED) is 0.906. The first-order valence-corrected chi connectivity index (χ1v) is 8.13. The molecule has 1 aliphatic rings. The van der Waals surface area contributed by atoms with E-state index in [2.05, 4.69) is 15.3 Å². The maximum absolute atomic E-state index is 12.4. The lowest BCUT2D eigenvalue weighted by Gasteiger charge is -2.34. The van der Waals surface area contributed by atoms with Crippen LogP contribution in [0.1, 0.15) is 0 Å². The molecule has 0 bridgehead atoms. The lowest BCUT2D eigenvalue weighted by Crippen LogP contribution is -2.50. The van der Waals surface area contributed by atoms with Gasteiger partial charge in [0.1, 0.15) is 0 Å². The van der Waals surface area contributed by atoms with Gasteiger partial charge >= 0.3 is 6.03 Å². The Balaban J connectivity index is 1.50. The molecule has 1 aromatic heterocycles. The topological polar surface area (TPSA) is 62.6 Å². The summed E-state index contributed by atoms with van der Waals surface area (Å²) in [5, 5.41) is 7.14. The van der Waals surface area contributed by atoms with Gasteiger partial charge in [-0.05, 0) is 30.3 Å². The van der Waals surface area contributed by atoms with Crippen LogP contribution in [0.5, 0.6) is 0 Å². The number of nitrogens with zero attached hydrogens (tertiary/aromatic N) is 4. The SMILES string of the molecule is COCCN1CCN(C(=O)Nc2ccc(-n3cccn3)cc2)CC1. The van der Waals surface area contributed by atoms with E-state index in [0.29, 0.717) is 0 Å².